The summed E-state index contributed by atoms with van der Waals surface area (Å²) in [5.74, 6) is -0.522. The van der Waals surface area contributed by atoms with Crippen LogP contribution < -0.4 is 0 Å². The number of carbonyl (C=O) groups excluding carboxylic acids is 2. The molecule has 0 aromatic carbocycles. The summed E-state index contributed by atoms with van der Waals surface area (Å²) in [7, 11) is 0. The normalized spacial score (nSPS) is 13.3. The number of allylic oxidation sites excluding steroid dienone is 20. The maximum atomic E-state index is 12.7. The molecule has 0 bridgehead atoms. The predicted octanol–water partition coefficient (Wildman–Crippen LogP) is 17.0. The molecule has 0 heterocycles. The third-order valence-electron chi connectivity index (χ3n) is 9.98. The first-order valence-electron chi connectivity index (χ1n) is 25.1. The summed E-state index contributed by atoms with van der Waals surface area (Å²) in [5.41, 5.74) is 0. The van der Waals surface area contributed by atoms with Gasteiger partial charge in [-0.15, -0.1) is 0 Å². The van der Waals surface area contributed by atoms with Crippen molar-refractivity contribution in [3.05, 3.63) is 122 Å². The summed E-state index contributed by atoms with van der Waals surface area (Å²) < 4.78 is 17.3. The fraction of sp³-hybridized carbons (Fsp3) is 0.614. The van der Waals surface area contributed by atoms with Crippen LogP contribution in [0.1, 0.15) is 201 Å². The Morgan fingerprint density at radius 1 is 0.371 bits per heavy atom. The number of hydrogen-bond acceptors (Lipinski definition) is 5. The van der Waals surface area contributed by atoms with Crippen molar-refractivity contribution < 1.29 is 23.8 Å². The lowest BCUT2D eigenvalue weighted by molar-refractivity contribution is -0.162. The number of esters is 2. The van der Waals surface area contributed by atoms with Crippen molar-refractivity contribution >= 4 is 11.9 Å². The van der Waals surface area contributed by atoms with E-state index in [2.05, 4.69) is 136 Å². The van der Waals surface area contributed by atoms with Gasteiger partial charge in [-0.2, -0.15) is 0 Å². The van der Waals surface area contributed by atoms with E-state index in [0.717, 1.165) is 103 Å². The maximum Gasteiger partial charge on any atom is 0.306 e. The Bertz CT molecular complexity index is 1290. The van der Waals surface area contributed by atoms with Crippen LogP contribution in [0.4, 0.5) is 0 Å². The molecule has 0 spiro atoms. The Morgan fingerprint density at radius 2 is 0.758 bits per heavy atom. The van der Waals surface area contributed by atoms with Crippen LogP contribution in [0.25, 0.3) is 0 Å². The molecule has 0 fully saturated rings. The second-order valence-electron chi connectivity index (χ2n) is 15.9. The monoisotopic (exact) mass is 857 g/mol. The van der Waals surface area contributed by atoms with Crippen molar-refractivity contribution in [1.82, 2.24) is 0 Å². The Labute approximate surface area is 382 Å². The molecule has 0 N–H and O–H groups in total. The molecule has 5 nitrogen and oxygen atoms in total. The van der Waals surface area contributed by atoms with Gasteiger partial charge in [-0.1, -0.05) is 200 Å². The van der Waals surface area contributed by atoms with E-state index in [1.807, 2.05) is 6.08 Å². The molecular formula is C57H92O5. The van der Waals surface area contributed by atoms with Gasteiger partial charge < -0.3 is 14.2 Å². The van der Waals surface area contributed by atoms with Crippen LogP contribution in [-0.4, -0.2) is 37.9 Å². The highest BCUT2D eigenvalue weighted by molar-refractivity contribution is 5.70. The topological polar surface area (TPSA) is 61.8 Å². The number of ether oxygens (including phenoxy) is 3. The van der Waals surface area contributed by atoms with Gasteiger partial charge in [0.2, 0.25) is 0 Å². The number of carbonyl (C=O) groups is 2. The summed E-state index contributed by atoms with van der Waals surface area (Å²) in [6, 6.07) is 0. The lowest BCUT2D eigenvalue weighted by atomic mass is 10.1. The molecule has 0 aliphatic heterocycles. The minimum absolute atomic E-state index is 0.0289. The van der Waals surface area contributed by atoms with Crippen molar-refractivity contribution in [3.63, 3.8) is 0 Å². The van der Waals surface area contributed by atoms with Gasteiger partial charge >= 0.3 is 11.9 Å². The van der Waals surface area contributed by atoms with Gasteiger partial charge in [0.25, 0.3) is 0 Å². The lowest BCUT2D eigenvalue weighted by Crippen LogP contribution is -2.30. The average molecular weight is 857 g/mol. The van der Waals surface area contributed by atoms with E-state index in [4.69, 9.17) is 14.2 Å². The minimum atomic E-state index is -0.585. The molecule has 0 aromatic rings. The largest absolute Gasteiger partial charge is 0.462 e. The standard InChI is InChI=1S/C57H92O5/c1-4-7-10-13-16-19-22-24-26-28-29-30-31-33-36-38-41-44-47-50-56(58)61-54-55(62-57(59)51-48-45-42-39-35-21-18-15-12-9-6-3)53-60-52-49-46-43-40-37-34-32-27-25-23-20-17-14-11-8-5-2/h7-8,10-11,15-20,24-27,29-30,33,36,41,44,55H,4-6,9,12-14,21-23,28,31-32,34-35,37-40,42-43,45-54H2,1-3H3/b10-7-,11-8-,18-15-,19-16-,20-17-,26-24-,27-25-,30-29-,36-33-,44-41-. The highest BCUT2D eigenvalue weighted by Gasteiger charge is 2.17. The Kier molecular flexibility index (Phi) is 48.6. The Balaban J connectivity index is 4.41. The van der Waals surface area contributed by atoms with Gasteiger partial charge in [0.1, 0.15) is 6.61 Å². The number of unbranched alkanes of at least 4 members (excludes halogenated alkanes) is 13. The van der Waals surface area contributed by atoms with Gasteiger partial charge in [-0.25, -0.2) is 0 Å². The first-order chi connectivity index (χ1) is 30.6. The predicted molar refractivity (Wildman–Crippen MR) is 269 cm³/mol. The van der Waals surface area contributed by atoms with Crippen LogP contribution in [0.15, 0.2) is 122 Å². The van der Waals surface area contributed by atoms with Gasteiger partial charge in [-0.05, 0) is 109 Å². The summed E-state index contributed by atoms with van der Waals surface area (Å²) in [4.78, 5) is 25.3. The molecular weight excluding hydrogens is 765 g/mol. The summed E-state index contributed by atoms with van der Waals surface area (Å²) in [6.45, 7) is 7.43. The van der Waals surface area contributed by atoms with Crippen LogP contribution in [0.3, 0.4) is 0 Å². The smallest absolute Gasteiger partial charge is 0.306 e. The summed E-state index contributed by atoms with van der Waals surface area (Å²) in [5, 5.41) is 0. The van der Waals surface area contributed by atoms with Gasteiger partial charge in [0, 0.05) is 19.4 Å². The molecule has 1 unspecified atom stereocenters. The van der Waals surface area contributed by atoms with E-state index >= 15 is 0 Å². The van der Waals surface area contributed by atoms with Crippen LogP contribution in [0.5, 0.6) is 0 Å². The van der Waals surface area contributed by atoms with E-state index in [0.29, 0.717) is 25.9 Å². The number of hydrogen-bond donors (Lipinski definition) is 0. The molecule has 350 valence electrons. The fourth-order valence-corrected chi connectivity index (χ4v) is 6.29. The highest BCUT2D eigenvalue weighted by atomic mass is 16.6. The fourth-order valence-electron chi connectivity index (χ4n) is 6.29. The summed E-state index contributed by atoms with van der Waals surface area (Å²) in [6.07, 6.45) is 72.2. The van der Waals surface area contributed by atoms with Crippen molar-refractivity contribution in [1.29, 1.82) is 0 Å². The first-order valence-corrected chi connectivity index (χ1v) is 25.1. The third-order valence-corrected chi connectivity index (χ3v) is 9.98. The summed E-state index contributed by atoms with van der Waals surface area (Å²) >= 11 is 0. The quantitative estimate of drug-likeness (QED) is 0.0347. The molecule has 0 aliphatic carbocycles. The molecule has 0 rings (SSSR count). The Hall–Kier alpha value is -3.70. The van der Waals surface area contributed by atoms with Crippen molar-refractivity contribution in [3.8, 4) is 0 Å². The average Bonchev–Trinajstić information content (AvgIpc) is 3.27. The first kappa shape index (κ1) is 58.3. The number of rotatable bonds is 44. The maximum absolute atomic E-state index is 12.7. The zero-order valence-corrected chi connectivity index (χ0v) is 40.1. The molecule has 0 aromatic heterocycles. The molecule has 0 amide bonds. The SMILES string of the molecule is CC/C=C\C/C=C\C/C=C\C/C=C\C/C=C\C/C=C\CCC(=O)OCC(COCCCCCCCC/C=C\C/C=C\C/C=C\CC)OC(=O)CCCCCCC/C=C\CCCC. The lowest BCUT2D eigenvalue weighted by Gasteiger charge is -2.18. The Morgan fingerprint density at radius 3 is 1.24 bits per heavy atom. The van der Waals surface area contributed by atoms with Gasteiger partial charge in [0.15, 0.2) is 6.10 Å². The zero-order chi connectivity index (χ0) is 44.9. The molecule has 0 aliphatic rings. The third kappa shape index (κ3) is 49.0. The van der Waals surface area contributed by atoms with Crippen molar-refractivity contribution in [2.45, 2.75) is 207 Å². The molecule has 0 saturated carbocycles. The van der Waals surface area contributed by atoms with E-state index in [-0.39, 0.29) is 25.2 Å². The second kappa shape index (κ2) is 51.6. The molecule has 62 heavy (non-hydrogen) atoms. The van der Waals surface area contributed by atoms with Crippen molar-refractivity contribution in [2.75, 3.05) is 19.8 Å². The van der Waals surface area contributed by atoms with E-state index in [1.54, 1.807) is 0 Å². The second-order valence-corrected chi connectivity index (χ2v) is 15.9. The van der Waals surface area contributed by atoms with Gasteiger partial charge in [0.05, 0.1) is 6.61 Å². The van der Waals surface area contributed by atoms with Crippen LogP contribution in [0.2, 0.25) is 0 Å². The highest BCUT2D eigenvalue weighted by Crippen LogP contribution is 2.12. The molecule has 0 saturated heterocycles. The molecule has 1 atom stereocenters. The van der Waals surface area contributed by atoms with Crippen molar-refractivity contribution in [2.24, 2.45) is 0 Å². The van der Waals surface area contributed by atoms with Crippen LogP contribution >= 0.6 is 0 Å². The van der Waals surface area contributed by atoms with E-state index in [9.17, 15) is 9.59 Å². The molecule has 5 heteroatoms. The van der Waals surface area contributed by atoms with E-state index < -0.39 is 6.10 Å². The molecule has 0 radical (unpaired) electrons. The van der Waals surface area contributed by atoms with Crippen LogP contribution in [-0.2, 0) is 23.8 Å². The van der Waals surface area contributed by atoms with Gasteiger partial charge in [-0.3, -0.25) is 9.59 Å². The van der Waals surface area contributed by atoms with Crippen LogP contribution in [0, 0.1) is 0 Å². The van der Waals surface area contributed by atoms with E-state index in [1.165, 1.54) is 57.8 Å². The minimum Gasteiger partial charge on any atom is -0.462 e. The zero-order valence-electron chi connectivity index (χ0n) is 40.1.